The second-order valence-corrected chi connectivity index (χ2v) is 6.13. The van der Waals surface area contributed by atoms with Gasteiger partial charge in [-0.05, 0) is 39.0 Å². The molecule has 0 saturated carbocycles. The number of nitrogens with one attached hydrogen (secondary N) is 1. The number of benzene rings is 1. The van der Waals surface area contributed by atoms with E-state index >= 15 is 0 Å². The van der Waals surface area contributed by atoms with Gasteiger partial charge in [-0.25, -0.2) is 0 Å². The fourth-order valence-corrected chi connectivity index (χ4v) is 2.09. The Morgan fingerprint density at radius 1 is 1.30 bits per heavy atom. The normalized spacial score (nSPS) is 11.7. The van der Waals surface area contributed by atoms with Crippen LogP contribution >= 0.6 is 15.9 Å². The first kappa shape index (κ1) is 17.4. The highest BCUT2D eigenvalue weighted by Gasteiger charge is 2.12. The van der Waals surface area contributed by atoms with Crippen molar-refractivity contribution < 1.29 is 14.6 Å². The Morgan fingerprint density at radius 3 is 2.70 bits per heavy atom. The topological polar surface area (TPSA) is 50.7 Å². The molecule has 1 aromatic carbocycles. The van der Waals surface area contributed by atoms with Crippen LogP contribution in [0.4, 0.5) is 0 Å². The number of aliphatic hydroxyl groups is 1. The highest BCUT2D eigenvalue weighted by molar-refractivity contribution is 9.10. The molecule has 0 aliphatic heterocycles. The lowest BCUT2D eigenvalue weighted by atomic mass is 10.1. The highest BCUT2D eigenvalue weighted by Crippen LogP contribution is 2.23. The molecule has 114 valence electrons. The van der Waals surface area contributed by atoms with Gasteiger partial charge in [-0.3, -0.25) is 0 Å². The molecule has 0 unspecified atom stereocenters. The maximum absolute atomic E-state index is 9.70. The van der Waals surface area contributed by atoms with Crippen molar-refractivity contribution in [1.29, 1.82) is 0 Å². The van der Waals surface area contributed by atoms with Gasteiger partial charge in [0.2, 0.25) is 0 Å². The summed E-state index contributed by atoms with van der Waals surface area (Å²) in [6.07, 6.45) is 0. The molecule has 0 spiro atoms. The molecule has 0 heterocycles. The SMILES string of the molecule is CCOCCOc1ccc(Br)cc1CNCC(C)(C)O. The van der Waals surface area contributed by atoms with Crippen molar-refractivity contribution in [3.05, 3.63) is 28.2 Å². The van der Waals surface area contributed by atoms with E-state index in [1.165, 1.54) is 0 Å². The van der Waals surface area contributed by atoms with Crippen molar-refractivity contribution in [3.63, 3.8) is 0 Å². The van der Waals surface area contributed by atoms with Crippen LogP contribution in [0.3, 0.4) is 0 Å². The van der Waals surface area contributed by atoms with Crippen LogP contribution < -0.4 is 10.1 Å². The van der Waals surface area contributed by atoms with Crippen molar-refractivity contribution in [1.82, 2.24) is 5.32 Å². The Kier molecular flexibility index (Phi) is 7.51. The smallest absolute Gasteiger partial charge is 0.123 e. The number of hydrogen-bond donors (Lipinski definition) is 2. The molecule has 0 atom stereocenters. The number of rotatable bonds is 9. The molecule has 0 bridgehead atoms. The summed E-state index contributed by atoms with van der Waals surface area (Å²) in [5, 5.41) is 12.9. The van der Waals surface area contributed by atoms with Gasteiger partial charge in [0.1, 0.15) is 12.4 Å². The Labute approximate surface area is 129 Å². The maximum Gasteiger partial charge on any atom is 0.123 e. The predicted octanol–water partition coefficient (Wildman–Crippen LogP) is 2.72. The monoisotopic (exact) mass is 345 g/mol. The van der Waals surface area contributed by atoms with Gasteiger partial charge in [0.05, 0.1) is 12.2 Å². The lowest BCUT2D eigenvalue weighted by Gasteiger charge is -2.19. The van der Waals surface area contributed by atoms with E-state index in [1.807, 2.05) is 25.1 Å². The van der Waals surface area contributed by atoms with E-state index in [9.17, 15) is 5.11 Å². The fourth-order valence-electron chi connectivity index (χ4n) is 1.68. The van der Waals surface area contributed by atoms with Crippen molar-refractivity contribution >= 4 is 15.9 Å². The highest BCUT2D eigenvalue weighted by atomic mass is 79.9. The molecule has 1 rings (SSSR count). The summed E-state index contributed by atoms with van der Waals surface area (Å²) < 4.78 is 12.0. The number of halogens is 1. The summed E-state index contributed by atoms with van der Waals surface area (Å²) in [6.45, 7) is 8.51. The third kappa shape index (κ3) is 7.24. The van der Waals surface area contributed by atoms with Gasteiger partial charge in [-0.1, -0.05) is 15.9 Å². The van der Waals surface area contributed by atoms with E-state index in [-0.39, 0.29) is 0 Å². The molecule has 0 saturated heterocycles. The molecular formula is C15H24BrNO3. The standard InChI is InChI=1S/C15H24BrNO3/c1-4-19-7-8-20-14-6-5-13(16)9-12(14)10-17-11-15(2,3)18/h5-6,9,17-18H,4,7-8,10-11H2,1-3H3. The Balaban J connectivity index is 2.55. The van der Waals surface area contributed by atoms with Crippen molar-refractivity contribution in [2.45, 2.75) is 32.9 Å². The van der Waals surface area contributed by atoms with E-state index in [2.05, 4.69) is 21.2 Å². The zero-order valence-electron chi connectivity index (χ0n) is 12.4. The van der Waals surface area contributed by atoms with Crippen molar-refractivity contribution in [2.75, 3.05) is 26.4 Å². The van der Waals surface area contributed by atoms with Crippen LogP contribution in [0.15, 0.2) is 22.7 Å². The molecule has 0 aromatic heterocycles. The second kappa shape index (κ2) is 8.62. The molecule has 1 aromatic rings. The van der Waals surface area contributed by atoms with E-state index in [0.29, 0.717) is 32.9 Å². The quantitative estimate of drug-likeness (QED) is 0.675. The van der Waals surface area contributed by atoms with Crippen LogP contribution in [0.2, 0.25) is 0 Å². The Bertz CT molecular complexity index is 405. The van der Waals surface area contributed by atoms with Crippen molar-refractivity contribution in [2.24, 2.45) is 0 Å². The van der Waals surface area contributed by atoms with E-state index < -0.39 is 5.60 Å². The largest absolute Gasteiger partial charge is 0.491 e. The van der Waals surface area contributed by atoms with Crippen molar-refractivity contribution in [3.8, 4) is 5.75 Å². The minimum atomic E-state index is -0.720. The van der Waals surface area contributed by atoms with E-state index in [0.717, 1.165) is 15.8 Å². The summed E-state index contributed by atoms with van der Waals surface area (Å²) in [6, 6.07) is 5.92. The summed E-state index contributed by atoms with van der Waals surface area (Å²) in [5.74, 6) is 0.844. The van der Waals surface area contributed by atoms with Crippen LogP contribution in [-0.4, -0.2) is 37.1 Å². The third-order valence-corrected chi connectivity index (χ3v) is 3.08. The average Bonchev–Trinajstić information content (AvgIpc) is 2.35. The molecule has 0 aliphatic carbocycles. The van der Waals surface area contributed by atoms with Crippen LogP contribution in [0.25, 0.3) is 0 Å². The van der Waals surface area contributed by atoms with Crippen LogP contribution in [0.1, 0.15) is 26.3 Å². The molecule has 0 aliphatic rings. The lowest BCUT2D eigenvalue weighted by Crippen LogP contribution is -2.34. The minimum Gasteiger partial charge on any atom is -0.491 e. The molecule has 0 amide bonds. The zero-order chi connectivity index (χ0) is 15.0. The summed E-state index contributed by atoms with van der Waals surface area (Å²) in [4.78, 5) is 0. The first-order valence-electron chi connectivity index (χ1n) is 6.84. The first-order valence-corrected chi connectivity index (χ1v) is 7.64. The van der Waals surface area contributed by atoms with Crippen LogP contribution in [0.5, 0.6) is 5.75 Å². The van der Waals surface area contributed by atoms with Gasteiger partial charge in [-0.15, -0.1) is 0 Å². The zero-order valence-corrected chi connectivity index (χ0v) is 14.0. The lowest BCUT2D eigenvalue weighted by molar-refractivity contribution is 0.0793. The van der Waals surface area contributed by atoms with Gasteiger partial charge >= 0.3 is 0 Å². The minimum absolute atomic E-state index is 0.526. The predicted molar refractivity (Wildman–Crippen MR) is 84.1 cm³/mol. The summed E-state index contributed by atoms with van der Waals surface area (Å²) in [5.41, 5.74) is 0.335. The van der Waals surface area contributed by atoms with E-state index in [1.54, 1.807) is 13.8 Å². The third-order valence-electron chi connectivity index (χ3n) is 2.58. The van der Waals surface area contributed by atoms with Gasteiger partial charge in [-0.2, -0.15) is 0 Å². The molecule has 0 radical (unpaired) electrons. The second-order valence-electron chi connectivity index (χ2n) is 5.21. The number of hydrogen-bond acceptors (Lipinski definition) is 4. The van der Waals surface area contributed by atoms with Gasteiger partial charge in [0, 0.05) is 29.7 Å². The summed E-state index contributed by atoms with van der Waals surface area (Å²) in [7, 11) is 0. The van der Waals surface area contributed by atoms with Gasteiger partial charge in [0.25, 0.3) is 0 Å². The van der Waals surface area contributed by atoms with Gasteiger partial charge < -0.3 is 19.9 Å². The molecule has 4 nitrogen and oxygen atoms in total. The molecular weight excluding hydrogens is 322 g/mol. The first-order chi connectivity index (χ1) is 9.42. The molecule has 0 fully saturated rings. The van der Waals surface area contributed by atoms with Crippen LogP contribution in [0, 0.1) is 0 Å². The fraction of sp³-hybridized carbons (Fsp3) is 0.600. The number of ether oxygens (including phenoxy) is 2. The van der Waals surface area contributed by atoms with Crippen LogP contribution in [-0.2, 0) is 11.3 Å². The van der Waals surface area contributed by atoms with Gasteiger partial charge in [0.15, 0.2) is 0 Å². The molecule has 2 N–H and O–H groups in total. The Hall–Kier alpha value is -0.620. The maximum atomic E-state index is 9.70. The molecule has 20 heavy (non-hydrogen) atoms. The molecule has 5 heteroatoms. The van der Waals surface area contributed by atoms with E-state index in [4.69, 9.17) is 9.47 Å². The summed E-state index contributed by atoms with van der Waals surface area (Å²) >= 11 is 3.46. The Morgan fingerprint density at radius 2 is 2.05 bits per heavy atom. The average molecular weight is 346 g/mol.